The molecule has 1 N–H and O–H groups in total. The topological polar surface area (TPSA) is 76.2 Å². The van der Waals surface area contributed by atoms with Gasteiger partial charge in [0, 0.05) is 44.4 Å². The molecule has 1 aliphatic heterocycles. The predicted octanol–water partition coefficient (Wildman–Crippen LogP) is 3.68. The minimum atomic E-state index is -0.252. The molecule has 1 fully saturated rings. The number of ether oxygens (including phenoxy) is 3. The molecular weight excluding hydrogens is 432 g/mol. The highest BCUT2D eigenvalue weighted by Crippen LogP contribution is 2.24. The molecule has 0 bridgehead atoms. The molecular formula is C26H30N4O4. The van der Waals surface area contributed by atoms with E-state index >= 15 is 0 Å². The van der Waals surface area contributed by atoms with E-state index in [9.17, 15) is 4.79 Å². The van der Waals surface area contributed by atoms with Gasteiger partial charge >= 0.3 is 0 Å². The molecule has 2 heterocycles. The van der Waals surface area contributed by atoms with Crippen LogP contribution < -0.4 is 24.4 Å². The summed E-state index contributed by atoms with van der Waals surface area (Å²) in [6.07, 6.45) is 1.69. The third kappa shape index (κ3) is 5.77. The van der Waals surface area contributed by atoms with Gasteiger partial charge in [-0.05, 0) is 42.0 Å². The van der Waals surface area contributed by atoms with Crippen LogP contribution in [0.15, 0.2) is 60.8 Å². The van der Waals surface area contributed by atoms with E-state index in [-0.39, 0.29) is 5.91 Å². The van der Waals surface area contributed by atoms with Gasteiger partial charge in [-0.15, -0.1) is 0 Å². The lowest BCUT2D eigenvalue weighted by molar-refractivity contribution is 0.102. The van der Waals surface area contributed by atoms with Gasteiger partial charge in [-0.25, -0.2) is 4.98 Å². The predicted molar refractivity (Wildman–Crippen MR) is 132 cm³/mol. The average Bonchev–Trinajstić information content (AvgIpc) is 2.89. The number of carbonyl (C=O) groups excluding carboxylic acids is 1. The second-order valence-corrected chi connectivity index (χ2v) is 8.08. The fourth-order valence-electron chi connectivity index (χ4n) is 3.95. The van der Waals surface area contributed by atoms with Crippen LogP contribution in [0.25, 0.3) is 0 Å². The summed E-state index contributed by atoms with van der Waals surface area (Å²) in [5, 5.41) is 2.89. The number of pyridine rings is 1. The van der Waals surface area contributed by atoms with Gasteiger partial charge in [0.1, 0.15) is 23.1 Å². The van der Waals surface area contributed by atoms with Crippen molar-refractivity contribution in [3.63, 3.8) is 0 Å². The molecule has 1 amide bonds. The smallest absolute Gasteiger partial charge is 0.255 e. The highest BCUT2D eigenvalue weighted by atomic mass is 16.5. The van der Waals surface area contributed by atoms with E-state index in [0.29, 0.717) is 22.7 Å². The zero-order valence-electron chi connectivity index (χ0n) is 19.8. The van der Waals surface area contributed by atoms with E-state index in [2.05, 4.69) is 32.2 Å². The van der Waals surface area contributed by atoms with Crippen LogP contribution in [0.1, 0.15) is 15.9 Å². The quantitative estimate of drug-likeness (QED) is 0.547. The van der Waals surface area contributed by atoms with Crippen LogP contribution in [-0.2, 0) is 6.54 Å². The molecule has 178 valence electrons. The van der Waals surface area contributed by atoms with Crippen LogP contribution in [0.3, 0.4) is 0 Å². The molecule has 8 heteroatoms. The van der Waals surface area contributed by atoms with E-state index in [1.165, 1.54) is 5.56 Å². The molecule has 3 aromatic rings. The minimum Gasteiger partial charge on any atom is -0.497 e. The van der Waals surface area contributed by atoms with Gasteiger partial charge in [-0.1, -0.05) is 12.1 Å². The van der Waals surface area contributed by atoms with Crippen LogP contribution in [-0.4, -0.2) is 63.3 Å². The van der Waals surface area contributed by atoms with E-state index in [4.69, 9.17) is 14.2 Å². The Hall–Kier alpha value is -3.78. The molecule has 0 spiro atoms. The highest BCUT2D eigenvalue weighted by Gasteiger charge is 2.18. The zero-order valence-corrected chi connectivity index (χ0v) is 19.8. The zero-order chi connectivity index (χ0) is 23.9. The maximum absolute atomic E-state index is 12.7. The molecule has 0 atom stereocenters. The summed E-state index contributed by atoms with van der Waals surface area (Å²) in [5.41, 5.74) is 2.33. The van der Waals surface area contributed by atoms with Crippen molar-refractivity contribution in [1.82, 2.24) is 9.88 Å². The summed E-state index contributed by atoms with van der Waals surface area (Å²) in [7, 11) is 4.80. The lowest BCUT2D eigenvalue weighted by atomic mass is 10.2. The molecule has 0 aliphatic carbocycles. The lowest BCUT2D eigenvalue weighted by Gasteiger charge is -2.35. The molecule has 0 radical (unpaired) electrons. The van der Waals surface area contributed by atoms with Crippen molar-refractivity contribution >= 4 is 17.4 Å². The van der Waals surface area contributed by atoms with Crippen LogP contribution in [0.5, 0.6) is 17.2 Å². The average molecular weight is 463 g/mol. The summed E-state index contributed by atoms with van der Waals surface area (Å²) in [4.78, 5) is 22.0. The summed E-state index contributed by atoms with van der Waals surface area (Å²) >= 11 is 0. The van der Waals surface area contributed by atoms with Gasteiger partial charge in [-0.3, -0.25) is 9.69 Å². The SMILES string of the molecule is COc1cccc(CN2CCN(c3ccc(NC(=O)c4cc(OC)cc(OC)c4)cn3)CC2)c1. The molecule has 1 saturated heterocycles. The molecule has 34 heavy (non-hydrogen) atoms. The number of benzene rings is 2. The van der Waals surface area contributed by atoms with E-state index < -0.39 is 0 Å². The first-order chi connectivity index (χ1) is 16.6. The third-order valence-corrected chi connectivity index (χ3v) is 5.86. The first-order valence-corrected chi connectivity index (χ1v) is 11.2. The fourth-order valence-corrected chi connectivity index (χ4v) is 3.95. The number of aromatic nitrogens is 1. The maximum atomic E-state index is 12.7. The monoisotopic (exact) mass is 462 g/mol. The van der Waals surface area contributed by atoms with Crippen molar-refractivity contribution < 1.29 is 19.0 Å². The number of hydrogen-bond donors (Lipinski definition) is 1. The number of anilines is 2. The second-order valence-electron chi connectivity index (χ2n) is 8.08. The normalized spacial score (nSPS) is 13.9. The van der Waals surface area contributed by atoms with Crippen molar-refractivity contribution in [3.8, 4) is 17.2 Å². The maximum Gasteiger partial charge on any atom is 0.255 e. The van der Waals surface area contributed by atoms with Crippen LogP contribution in [0, 0.1) is 0 Å². The Morgan fingerprint density at radius 3 is 2.21 bits per heavy atom. The van der Waals surface area contributed by atoms with Crippen molar-refractivity contribution in [2.75, 3.05) is 57.7 Å². The Morgan fingerprint density at radius 2 is 1.59 bits per heavy atom. The Kier molecular flexibility index (Phi) is 7.49. The summed E-state index contributed by atoms with van der Waals surface area (Å²) < 4.78 is 15.8. The van der Waals surface area contributed by atoms with Gasteiger partial charge in [0.15, 0.2) is 0 Å². The number of carbonyl (C=O) groups is 1. The van der Waals surface area contributed by atoms with Crippen molar-refractivity contribution in [2.24, 2.45) is 0 Å². The number of nitrogens with one attached hydrogen (secondary N) is 1. The standard InChI is InChI=1S/C26H30N4O4/c1-32-22-6-4-5-19(13-22)18-29-9-11-30(12-10-29)25-8-7-21(17-27-25)28-26(31)20-14-23(33-2)16-24(15-20)34-3/h4-8,13-17H,9-12,18H2,1-3H3,(H,28,31). The molecule has 1 aromatic heterocycles. The van der Waals surface area contributed by atoms with E-state index in [1.807, 2.05) is 24.3 Å². The van der Waals surface area contributed by atoms with Gasteiger partial charge < -0.3 is 24.4 Å². The number of nitrogens with zero attached hydrogens (tertiary/aromatic N) is 3. The van der Waals surface area contributed by atoms with Crippen molar-refractivity contribution in [3.05, 3.63) is 71.9 Å². The second kappa shape index (κ2) is 10.9. The molecule has 0 saturated carbocycles. The fraction of sp³-hybridized carbons (Fsp3) is 0.308. The minimum absolute atomic E-state index is 0.252. The van der Waals surface area contributed by atoms with Crippen LogP contribution in [0.4, 0.5) is 11.5 Å². The van der Waals surface area contributed by atoms with Crippen molar-refractivity contribution in [1.29, 1.82) is 0 Å². The Balaban J connectivity index is 1.32. The number of hydrogen-bond acceptors (Lipinski definition) is 7. The van der Waals surface area contributed by atoms with E-state index in [0.717, 1.165) is 44.3 Å². The third-order valence-electron chi connectivity index (χ3n) is 5.86. The molecule has 4 rings (SSSR count). The Labute approximate surface area is 200 Å². The highest BCUT2D eigenvalue weighted by molar-refractivity contribution is 6.04. The number of methoxy groups -OCH3 is 3. The van der Waals surface area contributed by atoms with Crippen molar-refractivity contribution in [2.45, 2.75) is 6.54 Å². The first kappa shape index (κ1) is 23.4. The number of amides is 1. The van der Waals surface area contributed by atoms with Gasteiger partial charge in [0.2, 0.25) is 0 Å². The Morgan fingerprint density at radius 1 is 0.882 bits per heavy atom. The molecule has 2 aromatic carbocycles. The van der Waals surface area contributed by atoms with Crippen LogP contribution in [0.2, 0.25) is 0 Å². The first-order valence-electron chi connectivity index (χ1n) is 11.2. The number of piperazine rings is 1. The molecule has 0 unspecified atom stereocenters. The van der Waals surface area contributed by atoms with E-state index in [1.54, 1.807) is 45.7 Å². The van der Waals surface area contributed by atoms with Crippen LogP contribution >= 0.6 is 0 Å². The molecule has 1 aliphatic rings. The summed E-state index contributed by atoms with van der Waals surface area (Å²) in [5.74, 6) is 2.66. The summed E-state index contributed by atoms with van der Waals surface area (Å²) in [6, 6.07) is 17.1. The van der Waals surface area contributed by atoms with Gasteiger partial charge in [0.05, 0.1) is 33.2 Å². The largest absolute Gasteiger partial charge is 0.497 e. The van der Waals surface area contributed by atoms with Gasteiger partial charge in [0.25, 0.3) is 5.91 Å². The Bertz CT molecular complexity index is 1090. The summed E-state index contributed by atoms with van der Waals surface area (Å²) in [6.45, 7) is 4.60. The molecule has 8 nitrogen and oxygen atoms in total. The lowest BCUT2D eigenvalue weighted by Crippen LogP contribution is -2.46. The number of rotatable bonds is 8. The van der Waals surface area contributed by atoms with Gasteiger partial charge in [-0.2, -0.15) is 0 Å².